The molecule has 0 saturated carbocycles. The Labute approximate surface area is 198 Å². The Balaban J connectivity index is 1.67. The van der Waals surface area contributed by atoms with Crippen LogP contribution in [0.5, 0.6) is 0 Å². The molecule has 0 aliphatic heterocycles. The second kappa shape index (κ2) is 11.4. The molecular weight excluding hydrogens is 430 g/mol. The van der Waals surface area contributed by atoms with Crippen molar-refractivity contribution < 1.29 is 8.78 Å². The summed E-state index contributed by atoms with van der Waals surface area (Å²) in [7, 11) is 0. The van der Waals surface area contributed by atoms with Crippen molar-refractivity contribution in [1.29, 1.82) is 0 Å². The monoisotopic (exact) mass is 454 g/mol. The lowest BCUT2D eigenvalue weighted by Gasteiger charge is -2.20. The molecule has 0 radical (unpaired) electrons. The zero-order valence-corrected chi connectivity index (χ0v) is 18.8. The topological polar surface area (TPSA) is 0 Å². The van der Waals surface area contributed by atoms with E-state index in [4.69, 9.17) is 0 Å². The molecule has 4 aromatic carbocycles. The Morgan fingerprint density at radius 2 is 0.848 bits per heavy atom. The number of hydrogen-bond donors (Lipinski definition) is 0. The third-order valence-electron chi connectivity index (χ3n) is 5.22. The first-order valence-electron chi connectivity index (χ1n) is 10.8. The molecule has 0 bridgehead atoms. The van der Waals surface area contributed by atoms with Crippen LogP contribution in [0, 0.1) is 11.6 Å². The Hall–Kier alpha value is -3.43. The minimum Gasteiger partial charge on any atom is -0.207 e. The zero-order chi connectivity index (χ0) is 22.9. The van der Waals surface area contributed by atoms with Gasteiger partial charge in [0, 0.05) is 10.5 Å². The highest BCUT2D eigenvalue weighted by Gasteiger charge is 2.17. The highest BCUT2D eigenvalue weighted by atomic mass is 32.2. The van der Waals surface area contributed by atoms with Crippen molar-refractivity contribution in [1.82, 2.24) is 0 Å². The van der Waals surface area contributed by atoms with Crippen LogP contribution >= 0.6 is 11.8 Å². The van der Waals surface area contributed by atoms with Gasteiger partial charge in [-0.15, -0.1) is 11.8 Å². The molecule has 0 N–H and O–H groups in total. The standard InChI is InChI=1S/C30H24F2S/c31-27-17-13-25(14-18-27)29(21-11-23-7-3-1-4-8-23)33-30(26-15-19-28(32)20-16-26)22-12-24-9-5-2-6-10-24/h1-22,29-30H/b21-11-,22-12-. The molecule has 0 aliphatic carbocycles. The van der Waals surface area contributed by atoms with Crippen LogP contribution < -0.4 is 0 Å². The van der Waals surface area contributed by atoms with Crippen molar-refractivity contribution in [3.63, 3.8) is 0 Å². The van der Waals surface area contributed by atoms with Gasteiger partial charge >= 0.3 is 0 Å². The van der Waals surface area contributed by atoms with E-state index in [1.807, 2.05) is 60.7 Å². The molecule has 0 fully saturated rings. The summed E-state index contributed by atoms with van der Waals surface area (Å²) < 4.78 is 27.2. The molecule has 0 spiro atoms. The minimum absolute atomic E-state index is 0.0266. The SMILES string of the molecule is Fc1ccc(C(/C=C\c2ccccc2)SC(/C=C\c2ccccc2)c2ccc(F)cc2)cc1. The molecule has 4 rings (SSSR count). The fourth-order valence-electron chi connectivity index (χ4n) is 3.46. The summed E-state index contributed by atoms with van der Waals surface area (Å²) >= 11 is 1.73. The van der Waals surface area contributed by atoms with Gasteiger partial charge in [0.15, 0.2) is 0 Å². The fraction of sp³-hybridized carbons (Fsp3) is 0.0667. The lowest BCUT2D eigenvalue weighted by Crippen LogP contribution is -1.98. The number of benzene rings is 4. The van der Waals surface area contributed by atoms with Gasteiger partial charge in [0.25, 0.3) is 0 Å². The van der Waals surface area contributed by atoms with Crippen LogP contribution in [-0.2, 0) is 0 Å². The molecule has 0 heterocycles. The van der Waals surface area contributed by atoms with E-state index in [9.17, 15) is 8.78 Å². The summed E-state index contributed by atoms with van der Waals surface area (Å²) in [6.45, 7) is 0. The van der Waals surface area contributed by atoms with Crippen LogP contribution in [0.15, 0.2) is 121 Å². The molecule has 2 atom stereocenters. The van der Waals surface area contributed by atoms with Gasteiger partial charge in [-0.25, -0.2) is 8.78 Å². The Morgan fingerprint density at radius 1 is 0.485 bits per heavy atom. The van der Waals surface area contributed by atoms with Gasteiger partial charge in [-0.3, -0.25) is 0 Å². The van der Waals surface area contributed by atoms with Crippen molar-refractivity contribution in [3.8, 4) is 0 Å². The van der Waals surface area contributed by atoms with Crippen molar-refractivity contribution in [2.75, 3.05) is 0 Å². The summed E-state index contributed by atoms with van der Waals surface area (Å²) in [5, 5.41) is -0.0532. The average Bonchev–Trinajstić information content (AvgIpc) is 2.86. The van der Waals surface area contributed by atoms with E-state index < -0.39 is 0 Å². The molecule has 2 unspecified atom stereocenters. The molecular formula is C30H24F2S. The van der Waals surface area contributed by atoms with Crippen LogP contribution in [0.1, 0.15) is 32.8 Å². The predicted molar refractivity (Wildman–Crippen MR) is 137 cm³/mol. The van der Waals surface area contributed by atoms with E-state index in [1.165, 1.54) is 24.3 Å². The molecule has 164 valence electrons. The van der Waals surface area contributed by atoms with E-state index in [0.717, 1.165) is 22.3 Å². The lowest BCUT2D eigenvalue weighted by atomic mass is 10.1. The predicted octanol–water partition coefficient (Wildman–Crippen LogP) is 8.91. The van der Waals surface area contributed by atoms with Crippen LogP contribution in [-0.4, -0.2) is 0 Å². The Kier molecular flexibility index (Phi) is 7.89. The van der Waals surface area contributed by atoms with E-state index in [2.05, 4.69) is 48.6 Å². The number of hydrogen-bond acceptors (Lipinski definition) is 1. The highest BCUT2D eigenvalue weighted by Crippen LogP contribution is 2.43. The first-order chi connectivity index (χ1) is 16.2. The second-order valence-corrected chi connectivity index (χ2v) is 8.91. The average molecular weight is 455 g/mol. The molecule has 0 saturated heterocycles. The fourth-order valence-corrected chi connectivity index (χ4v) is 4.74. The molecule has 0 aliphatic rings. The number of halogens is 2. The number of rotatable bonds is 8. The van der Waals surface area contributed by atoms with Crippen LogP contribution in [0.2, 0.25) is 0 Å². The second-order valence-electron chi connectivity index (χ2n) is 7.62. The maximum absolute atomic E-state index is 13.6. The zero-order valence-electron chi connectivity index (χ0n) is 18.0. The normalized spacial score (nSPS) is 13.4. The quantitative estimate of drug-likeness (QED) is 0.256. The van der Waals surface area contributed by atoms with Gasteiger partial charge in [0.2, 0.25) is 0 Å². The van der Waals surface area contributed by atoms with Gasteiger partial charge in [0.1, 0.15) is 11.6 Å². The van der Waals surface area contributed by atoms with Gasteiger partial charge in [-0.2, -0.15) is 0 Å². The van der Waals surface area contributed by atoms with Crippen molar-refractivity contribution >= 4 is 23.9 Å². The lowest BCUT2D eigenvalue weighted by molar-refractivity contribution is 0.627. The minimum atomic E-state index is -0.256. The highest BCUT2D eigenvalue weighted by molar-refractivity contribution is 8.00. The van der Waals surface area contributed by atoms with E-state index in [-0.39, 0.29) is 22.1 Å². The smallest absolute Gasteiger partial charge is 0.123 e. The first-order valence-corrected chi connectivity index (χ1v) is 11.7. The van der Waals surface area contributed by atoms with Gasteiger partial charge in [-0.05, 0) is 46.5 Å². The Bertz CT molecular complexity index is 1080. The molecule has 0 amide bonds. The molecule has 0 nitrogen and oxygen atoms in total. The van der Waals surface area contributed by atoms with E-state index in [1.54, 1.807) is 11.8 Å². The summed E-state index contributed by atoms with van der Waals surface area (Å²) in [5.74, 6) is -0.512. The van der Waals surface area contributed by atoms with Crippen molar-refractivity contribution in [2.45, 2.75) is 10.5 Å². The van der Waals surface area contributed by atoms with Gasteiger partial charge in [0.05, 0.1) is 0 Å². The van der Waals surface area contributed by atoms with Crippen molar-refractivity contribution in [3.05, 3.63) is 155 Å². The van der Waals surface area contributed by atoms with Gasteiger partial charge in [-0.1, -0.05) is 109 Å². The first kappa shape index (κ1) is 22.8. The van der Waals surface area contributed by atoms with Crippen LogP contribution in [0.4, 0.5) is 8.78 Å². The van der Waals surface area contributed by atoms with Crippen LogP contribution in [0.25, 0.3) is 12.2 Å². The summed E-state index contributed by atoms with van der Waals surface area (Å²) in [4.78, 5) is 0. The van der Waals surface area contributed by atoms with E-state index in [0.29, 0.717) is 0 Å². The number of thioether (sulfide) groups is 1. The van der Waals surface area contributed by atoms with Gasteiger partial charge < -0.3 is 0 Å². The third-order valence-corrected chi connectivity index (χ3v) is 6.66. The van der Waals surface area contributed by atoms with Crippen molar-refractivity contribution in [2.24, 2.45) is 0 Å². The molecule has 3 heteroatoms. The van der Waals surface area contributed by atoms with E-state index >= 15 is 0 Å². The molecule has 4 aromatic rings. The summed E-state index contributed by atoms with van der Waals surface area (Å²) in [5.41, 5.74) is 4.22. The molecule has 0 aromatic heterocycles. The summed E-state index contributed by atoms with van der Waals surface area (Å²) in [6, 6.07) is 33.5. The summed E-state index contributed by atoms with van der Waals surface area (Å²) in [6.07, 6.45) is 8.45. The maximum atomic E-state index is 13.6. The van der Waals surface area contributed by atoms with Crippen LogP contribution in [0.3, 0.4) is 0 Å². The third kappa shape index (κ3) is 6.77. The largest absolute Gasteiger partial charge is 0.207 e. The molecule has 33 heavy (non-hydrogen) atoms. The maximum Gasteiger partial charge on any atom is 0.123 e. The Morgan fingerprint density at radius 3 is 1.21 bits per heavy atom.